The zero-order valence-corrected chi connectivity index (χ0v) is 11.9. The van der Waals surface area contributed by atoms with E-state index in [1.807, 2.05) is 43.5 Å². The highest BCUT2D eigenvalue weighted by molar-refractivity contribution is 5.84. The van der Waals surface area contributed by atoms with Gasteiger partial charge in [0.05, 0.1) is 24.8 Å². The Morgan fingerprint density at radius 2 is 2.11 bits per heavy atom. The van der Waals surface area contributed by atoms with E-state index in [9.17, 15) is 0 Å². The van der Waals surface area contributed by atoms with Crippen LogP contribution in [0.3, 0.4) is 0 Å². The second-order valence-corrected chi connectivity index (χ2v) is 5.08. The van der Waals surface area contributed by atoms with Crippen LogP contribution >= 0.6 is 0 Å². The van der Waals surface area contributed by atoms with Crippen molar-refractivity contribution in [1.82, 2.24) is 9.55 Å². The van der Waals surface area contributed by atoms with E-state index in [4.69, 9.17) is 15.2 Å². The van der Waals surface area contributed by atoms with E-state index in [1.165, 1.54) is 0 Å². The smallest absolute Gasteiger partial charge is 0.201 e. The summed E-state index contributed by atoms with van der Waals surface area (Å²) in [6, 6.07) is 5.81. The standard InChI is InChI=1S/C14H21N3O2/c1-5-19-14(2,3)9-17-10-7-6-8-11(18-4)12(10)16-13(17)15/h6-8H,5,9H2,1-4H3,(H2,15,16). The topological polar surface area (TPSA) is 62.3 Å². The van der Waals surface area contributed by atoms with Crippen molar-refractivity contribution in [2.75, 3.05) is 19.5 Å². The molecule has 0 saturated heterocycles. The molecule has 19 heavy (non-hydrogen) atoms. The number of aromatic nitrogens is 2. The molecule has 0 aliphatic heterocycles. The molecule has 0 spiro atoms. The fourth-order valence-electron chi connectivity index (χ4n) is 2.29. The maximum absolute atomic E-state index is 6.02. The SMILES string of the molecule is CCOC(C)(C)Cn1c(N)nc2c(OC)cccc21. The van der Waals surface area contributed by atoms with E-state index < -0.39 is 0 Å². The summed E-state index contributed by atoms with van der Waals surface area (Å²) < 4.78 is 13.0. The van der Waals surface area contributed by atoms with Gasteiger partial charge in [-0.2, -0.15) is 0 Å². The largest absolute Gasteiger partial charge is 0.494 e. The average Bonchev–Trinajstić information content (AvgIpc) is 2.65. The van der Waals surface area contributed by atoms with Crippen LogP contribution in [0.5, 0.6) is 5.75 Å². The number of hydrogen-bond acceptors (Lipinski definition) is 4. The molecular weight excluding hydrogens is 242 g/mol. The molecule has 0 bridgehead atoms. The molecule has 104 valence electrons. The number of benzene rings is 1. The second kappa shape index (κ2) is 5.09. The highest BCUT2D eigenvalue weighted by Crippen LogP contribution is 2.28. The lowest BCUT2D eigenvalue weighted by molar-refractivity contribution is -0.0212. The van der Waals surface area contributed by atoms with Crippen LogP contribution < -0.4 is 10.5 Å². The van der Waals surface area contributed by atoms with Crippen molar-refractivity contribution < 1.29 is 9.47 Å². The van der Waals surface area contributed by atoms with Crippen molar-refractivity contribution >= 4 is 17.0 Å². The van der Waals surface area contributed by atoms with Gasteiger partial charge in [-0.25, -0.2) is 4.98 Å². The number of hydrogen-bond donors (Lipinski definition) is 1. The third-order valence-electron chi connectivity index (χ3n) is 3.07. The molecule has 2 aromatic rings. The van der Waals surface area contributed by atoms with Gasteiger partial charge in [-0.15, -0.1) is 0 Å². The van der Waals surface area contributed by atoms with Gasteiger partial charge in [0.2, 0.25) is 5.95 Å². The molecule has 1 aromatic carbocycles. The molecule has 0 fully saturated rings. The van der Waals surface area contributed by atoms with E-state index >= 15 is 0 Å². The van der Waals surface area contributed by atoms with Gasteiger partial charge < -0.3 is 19.8 Å². The van der Waals surface area contributed by atoms with Gasteiger partial charge in [0.15, 0.2) is 0 Å². The zero-order chi connectivity index (χ0) is 14.0. The van der Waals surface area contributed by atoms with Gasteiger partial charge in [-0.05, 0) is 32.9 Å². The lowest BCUT2D eigenvalue weighted by Crippen LogP contribution is -2.31. The Hall–Kier alpha value is -1.75. The minimum Gasteiger partial charge on any atom is -0.494 e. The molecular formula is C14H21N3O2. The molecule has 2 rings (SSSR count). The van der Waals surface area contributed by atoms with E-state index in [0.29, 0.717) is 19.1 Å². The number of imidazole rings is 1. The molecule has 0 atom stereocenters. The Balaban J connectivity index is 2.46. The summed E-state index contributed by atoms with van der Waals surface area (Å²) in [7, 11) is 1.63. The van der Waals surface area contributed by atoms with Crippen LogP contribution in [0.25, 0.3) is 11.0 Å². The van der Waals surface area contributed by atoms with Crippen molar-refractivity contribution in [1.29, 1.82) is 0 Å². The number of methoxy groups -OCH3 is 1. The Labute approximate surface area is 113 Å². The fraction of sp³-hybridized carbons (Fsp3) is 0.500. The maximum Gasteiger partial charge on any atom is 0.201 e. The third-order valence-corrected chi connectivity index (χ3v) is 3.07. The molecule has 1 aromatic heterocycles. The van der Waals surface area contributed by atoms with Crippen LogP contribution in [0.15, 0.2) is 18.2 Å². The van der Waals surface area contributed by atoms with Gasteiger partial charge in [0.1, 0.15) is 11.3 Å². The van der Waals surface area contributed by atoms with Crippen molar-refractivity contribution in [3.8, 4) is 5.75 Å². The molecule has 1 heterocycles. The molecule has 0 amide bonds. The van der Waals surface area contributed by atoms with Gasteiger partial charge in [-0.3, -0.25) is 0 Å². The molecule has 5 heteroatoms. The predicted octanol–water partition coefficient (Wildman–Crippen LogP) is 2.44. The summed E-state index contributed by atoms with van der Waals surface area (Å²) in [5.41, 5.74) is 7.48. The Bertz CT molecular complexity index is 575. The summed E-state index contributed by atoms with van der Waals surface area (Å²) in [5, 5.41) is 0. The predicted molar refractivity (Wildman–Crippen MR) is 76.4 cm³/mol. The van der Waals surface area contributed by atoms with Crippen molar-refractivity contribution in [2.45, 2.75) is 32.9 Å². The first-order chi connectivity index (χ1) is 8.98. The minimum atomic E-state index is -0.292. The minimum absolute atomic E-state index is 0.292. The van der Waals surface area contributed by atoms with Crippen molar-refractivity contribution in [3.63, 3.8) is 0 Å². The Morgan fingerprint density at radius 1 is 1.37 bits per heavy atom. The summed E-state index contributed by atoms with van der Waals surface area (Å²) in [5.74, 6) is 1.21. The van der Waals surface area contributed by atoms with Crippen molar-refractivity contribution in [2.24, 2.45) is 0 Å². The average molecular weight is 263 g/mol. The van der Waals surface area contributed by atoms with Crippen LogP contribution in [0.2, 0.25) is 0 Å². The fourth-order valence-corrected chi connectivity index (χ4v) is 2.29. The summed E-state index contributed by atoms with van der Waals surface area (Å²) in [4.78, 5) is 4.39. The first kappa shape index (κ1) is 13.7. The molecule has 5 nitrogen and oxygen atoms in total. The van der Waals surface area contributed by atoms with E-state index in [-0.39, 0.29) is 5.60 Å². The zero-order valence-electron chi connectivity index (χ0n) is 11.9. The number of ether oxygens (including phenoxy) is 2. The number of nitrogens with two attached hydrogens (primary N) is 1. The van der Waals surface area contributed by atoms with Gasteiger partial charge in [0.25, 0.3) is 0 Å². The quantitative estimate of drug-likeness (QED) is 0.900. The summed E-state index contributed by atoms with van der Waals surface area (Å²) in [6.07, 6.45) is 0. The van der Waals surface area contributed by atoms with Gasteiger partial charge >= 0.3 is 0 Å². The Morgan fingerprint density at radius 3 is 2.74 bits per heavy atom. The first-order valence-electron chi connectivity index (χ1n) is 6.41. The normalized spacial score (nSPS) is 12.0. The number of anilines is 1. The number of nitrogen functional groups attached to an aromatic ring is 1. The number of fused-ring (bicyclic) bond motifs is 1. The van der Waals surface area contributed by atoms with Crippen LogP contribution in [0.4, 0.5) is 5.95 Å². The molecule has 0 saturated carbocycles. The van der Waals surface area contributed by atoms with E-state index in [0.717, 1.165) is 16.8 Å². The van der Waals surface area contributed by atoms with Gasteiger partial charge in [-0.1, -0.05) is 6.07 Å². The summed E-state index contributed by atoms with van der Waals surface area (Å²) >= 11 is 0. The number of para-hydroxylation sites is 1. The van der Waals surface area contributed by atoms with Crippen LogP contribution in [0, 0.1) is 0 Å². The molecule has 0 unspecified atom stereocenters. The highest BCUT2D eigenvalue weighted by atomic mass is 16.5. The third kappa shape index (κ3) is 2.66. The maximum atomic E-state index is 6.02. The Kier molecular flexibility index (Phi) is 3.66. The van der Waals surface area contributed by atoms with E-state index in [2.05, 4.69) is 4.98 Å². The molecule has 2 N–H and O–H groups in total. The highest BCUT2D eigenvalue weighted by Gasteiger charge is 2.22. The van der Waals surface area contributed by atoms with Gasteiger partial charge in [0, 0.05) is 6.61 Å². The van der Waals surface area contributed by atoms with E-state index in [1.54, 1.807) is 7.11 Å². The lowest BCUT2D eigenvalue weighted by Gasteiger charge is -2.25. The summed E-state index contributed by atoms with van der Waals surface area (Å²) in [6.45, 7) is 7.39. The number of nitrogens with zero attached hydrogens (tertiary/aromatic N) is 2. The molecule has 0 radical (unpaired) electrons. The number of rotatable bonds is 5. The molecule has 0 aliphatic carbocycles. The monoisotopic (exact) mass is 263 g/mol. The van der Waals surface area contributed by atoms with Crippen LogP contribution in [0.1, 0.15) is 20.8 Å². The second-order valence-electron chi connectivity index (χ2n) is 5.08. The van der Waals surface area contributed by atoms with Crippen molar-refractivity contribution in [3.05, 3.63) is 18.2 Å². The lowest BCUT2D eigenvalue weighted by atomic mass is 10.1. The van der Waals surface area contributed by atoms with Crippen LogP contribution in [-0.4, -0.2) is 28.9 Å². The first-order valence-corrected chi connectivity index (χ1v) is 6.41. The van der Waals surface area contributed by atoms with Crippen LogP contribution in [-0.2, 0) is 11.3 Å². The molecule has 0 aliphatic rings.